The van der Waals surface area contributed by atoms with E-state index in [0.29, 0.717) is 5.82 Å². The molecule has 0 spiro atoms. The molecule has 0 unspecified atom stereocenters. The molecular formula is C16H20N8. The normalized spacial score (nSPS) is 16.4. The maximum absolute atomic E-state index is 4.85. The van der Waals surface area contributed by atoms with Crippen molar-refractivity contribution < 1.29 is 0 Å². The molecule has 4 rings (SSSR count). The SMILES string of the molecule is CC[C@@H]1c2nnc(C)n2-c2cnc(-c3cn[nH]c3)nc2N1C(C)C. The van der Waals surface area contributed by atoms with Crippen molar-refractivity contribution in [1.29, 1.82) is 0 Å². The molecule has 0 aromatic carbocycles. The van der Waals surface area contributed by atoms with Gasteiger partial charge >= 0.3 is 0 Å². The van der Waals surface area contributed by atoms with Crippen molar-refractivity contribution in [2.45, 2.75) is 46.2 Å². The Hall–Kier alpha value is -2.77. The molecule has 0 amide bonds. The van der Waals surface area contributed by atoms with Crippen LogP contribution >= 0.6 is 0 Å². The van der Waals surface area contributed by atoms with E-state index in [4.69, 9.17) is 4.98 Å². The number of aryl methyl sites for hydroxylation is 1. The van der Waals surface area contributed by atoms with Gasteiger partial charge in [-0.15, -0.1) is 10.2 Å². The first kappa shape index (κ1) is 14.8. The van der Waals surface area contributed by atoms with Crippen LogP contribution in [0.3, 0.4) is 0 Å². The molecule has 8 heteroatoms. The summed E-state index contributed by atoms with van der Waals surface area (Å²) < 4.78 is 2.07. The molecule has 1 aliphatic heterocycles. The molecule has 0 saturated carbocycles. The topological polar surface area (TPSA) is 88.4 Å². The van der Waals surface area contributed by atoms with Crippen LogP contribution in [0.25, 0.3) is 17.1 Å². The summed E-state index contributed by atoms with van der Waals surface area (Å²) in [4.78, 5) is 11.7. The first-order chi connectivity index (χ1) is 11.6. The number of nitrogens with one attached hydrogen (secondary N) is 1. The molecular weight excluding hydrogens is 304 g/mol. The van der Waals surface area contributed by atoms with Crippen molar-refractivity contribution in [3.63, 3.8) is 0 Å². The molecule has 1 aliphatic rings. The van der Waals surface area contributed by atoms with Crippen molar-refractivity contribution in [3.05, 3.63) is 30.2 Å². The smallest absolute Gasteiger partial charge is 0.164 e. The van der Waals surface area contributed by atoms with Crippen molar-refractivity contribution >= 4 is 5.82 Å². The van der Waals surface area contributed by atoms with Gasteiger partial charge in [-0.05, 0) is 27.2 Å². The van der Waals surface area contributed by atoms with Crippen LogP contribution in [0.2, 0.25) is 0 Å². The lowest BCUT2D eigenvalue weighted by atomic mass is 10.1. The van der Waals surface area contributed by atoms with E-state index in [9.17, 15) is 0 Å². The van der Waals surface area contributed by atoms with Gasteiger partial charge in [0, 0.05) is 12.2 Å². The minimum absolute atomic E-state index is 0.144. The monoisotopic (exact) mass is 324 g/mol. The lowest BCUT2D eigenvalue weighted by molar-refractivity contribution is 0.496. The van der Waals surface area contributed by atoms with Gasteiger partial charge in [-0.3, -0.25) is 9.67 Å². The molecule has 4 heterocycles. The largest absolute Gasteiger partial charge is 0.342 e. The fourth-order valence-electron chi connectivity index (χ4n) is 3.37. The number of aromatic amines is 1. The van der Waals surface area contributed by atoms with E-state index in [2.05, 4.69) is 55.6 Å². The molecule has 0 radical (unpaired) electrons. The Labute approximate surface area is 140 Å². The van der Waals surface area contributed by atoms with E-state index in [0.717, 1.165) is 35.1 Å². The Morgan fingerprint density at radius 3 is 2.75 bits per heavy atom. The van der Waals surface area contributed by atoms with Gasteiger partial charge in [0.05, 0.1) is 24.0 Å². The first-order valence-corrected chi connectivity index (χ1v) is 8.18. The van der Waals surface area contributed by atoms with Crippen molar-refractivity contribution in [3.8, 4) is 17.1 Å². The molecule has 8 nitrogen and oxygen atoms in total. The van der Waals surface area contributed by atoms with Gasteiger partial charge in [0.1, 0.15) is 11.5 Å². The molecule has 3 aromatic heterocycles. The van der Waals surface area contributed by atoms with E-state index in [1.165, 1.54) is 0 Å². The zero-order chi connectivity index (χ0) is 16.8. The molecule has 3 aromatic rings. The summed E-state index contributed by atoms with van der Waals surface area (Å²) >= 11 is 0. The summed E-state index contributed by atoms with van der Waals surface area (Å²) in [6, 6.07) is 0.428. The van der Waals surface area contributed by atoms with Gasteiger partial charge in [0.15, 0.2) is 17.5 Å². The van der Waals surface area contributed by atoms with E-state index in [-0.39, 0.29) is 12.1 Å². The Balaban J connectivity index is 1.97. The second-order valence-corrected chi connectivity index (χ2v) is 6.26. The minimum atomic E-state index is 0.144. The van der Waals surface area contributed by atoms with Gasteiger partial charge in [-0.2, -0.15) is 5.10 Å². The highest BCUT2D eigenvalue weighted by molar-refractivity contribution is 5.66. The van der Waals surface area contributed by atoms with Crippen LogP contribution in [-0.4, -0.2) is 41.0 Å². The molecule has 0 bridgehead atoms. The fourth-order valence-corrected chi connectivity index (χ4v) is 3.37. The molecule has 0 fully saturated rings. The molecule has 1 atom stereocenters. The van der Waals surface area contributed by atoms with Gasteiger partial charge in [-0.1, -0.05) is 6.92 Å². The molecule has 24 heavy (non-hydrogen) atoms. The number of hydrogen-bond donors (Lipinski definition) is 1. The van der Waals surface area contributed by atoms with E-state index >= 15 is 0 Å². The van der Waals surface area contributed by atoms with E-state index in [1.54, 1.807) is 12.4 Å². The fraction of sp³-hybridized carbons (Fsp3) is 0.438. The highest BCUT2D eigenvalue weighted by atomic mass is 15.4. The average Bonchev–Trinajstić information content (AvgIpc) is 3.23. The second kappa shape index (κ2) is 5.40. The van der Waals surface area contributed by atoms with Crippen LogP contribution < -0.4 is 4.90 Å². The molecule has 0 aliphatic carbocycles. The Morgan fingerprint density at radius 2 is 2.08 bits per heavy atom. The summed E-state index contributed by atoms with van der Waals surface area (Å²) in [5, 5.41) is 15.5. The van der Waals surface area contributed by atoms with Gasteiger partial charge in [-0.25, -0.2) is 9.97 Å². The minimum Gasteiger partial charge on any atom is -0.342 e. The average molecular weight is 324 g/mol. The van der Waals surface area contributed by atoms with Crippen LogP contribution in [0.5, 0.6) is 0 Å². The first-order valence-electron chi connectivity index (χ1n) is 8.18. The predicted molar refractivity (Wildman–Crippen MR) is 89.9 cm³/mol. The number of hydrogen-bond acceptors (Lipinski definition) is 6. The number of rotatable bonds is 3. The summed E-state index contributed by atoms with van der Waals surface area (Å²) in [6.45, 7) is 8.47. The molecule has 1 N–H and O–H groups in total. The third kappa shape index (κ3) is 2.02. The zero-order valence-electron chi connectivity index (χ0n) is 14.2. The number of H-pyrrole nitrogens is 1. The Kier molecular flexibility index (Phi) is 3.33. The Morgan fingerprint density at radius 1 is 1.25 bits per heavy atom. The third-order valence-electron chi connectivity index (χ3n) is 4.42. The van der Waals surface area contributed by atoms with Crippen molar-refractivity contribution in [2.24, 2.45) is 0 Å². The quantitative estimate of drug-likeness (QED) is 0.796. The summed E-state index contributed by atoms with van der Waals surface area (Å²) in [5.41, 5.74) is 1.80. The van der Waals surface area contributed by atoms with Crippen LogP contribution in [0.15, 0.2) is 18.6 Å². The number of fused-ring (bicyclic) bond motifs is 3. The zero-order valence-corrected chi connectivity index (χ0v) is 14.2. The van der Waals surface area contributed by atoms with Gasteiger partial charge in [0.2, 0.25) is 0 Å². The molecule has 0 saturated heterocycles. The van der Waals surface area contributed by atoms with Crippen molar-refractivity contribution in [1.82, 2.24) is 34.9 Å². The van der Waals surface area contributed by atoms with Gasteiger partial charge in [0.25, 0.3) is 0 Å². The number of aromatic nitrogens is 7. The van der Waals surface area contributed by atoms with E-state index < -0.39 is 0 Å². The lowest BCUT2D eigenvalue weighted by Gasteiger charge is -2.39. The maximum atomic E-state index is 4.85. The van der Waals surface area contributed by atoms with Crippen LogP contribution in [-0.2, 0) is 0 Å². The van der Waals surface area contributed by atoms with E-state index in [1.807, 2.05) is 13.1 Å². The van der Waals surface area contributed by atoms with Crippen LogP contribution in [0.4, 0.5) is 5.82 Å². The standard InChI is InChI=1S/C16H20N8/c1-5-12-16-22-21-10(4)24(16)13-8-17-14(11-6-18-19-7-11)20-15(13)23(12)9(2)3/h6-9,12H,5H2,1-4H3,(H,18,19)/t12-/m1/s1. The van der Waals surface area contributed by atoms with Crippen LogP contribution in [0, 0.1) is 6.92 Å². The Bertz CT molecular complexity index is 864. The molecule has 124 valence electrons. The summed E-state index contributed by atoms with van der Waals surface area (Å²) in [7, 11) is 0. The third-order valence-corrected chi connectivity index (χ3v) is 4.42. The van der Waals surface area contributed by atoms with Gasteiger partial charge < -0.3 is 4.90 Å². The summed E-state index contributed by atoms with van der Waals surface area (Å²) in [5.74, 6) is 3.39. The second-order valence-electron chi connectivity index (χ2n) is 6.26. The highest BCUT2D eigenvalue weighted by Crippen LogP contribution is 2.40. The van der Waals surface area contributed by atoms with Crippen LogP contribution in [0.1, 0.15) is 44.9 Å². The number of anilines is 1. The summed E-state index contributed by atoms with van der Waals surface area (Å²) in [6.07, 6.45) is 6.32. The van der Waals surface area contributed by atoms with Crippen molar-refractivity contribution in [2.75, 3.05) is 4.90 Å². The lowest BCUT2D eigenvalue weighted by Crippen LogP contribution is -2.40. The maximum Gasteiger partial charge on any atom is 0.164 e. The predicted octanol–water partition coefficient (Wildman–Crippen LogP) is 2.44. The number of nitrogens with zero attached hydrogens (tertiary/aromatic N) is 7. The highest BCUT2D eigenvalue weighted by Gasteiger charge is 2.36.